The van der Waals surface area contributed by atoms with Crippen molar-refractivity contribution in [2.75, 3.05) is 13.1 Å². The minimum absolute atomic E-state index is 0.247. The highest BCUT2D eigenvalue weighted by Gasteiger charge is 2.26. The summed E-state index contributed by atoms with van der Waals surface area (Å²) in [5, 5.41) is 17.0. The lowest BCUT2D eigenvalue weighted by Gasteiger charge is -2.22. The molecule has 7 heteroatoms. The topological polar surface area (TPSA) is 91.9 Å². The molecule has 0 fully saturated rings. The molecule has 3 rings (SSSR count). The minimum atomic E-state index is -1.15. The molecule has 0 spiro atoms. The lowest BCUT2D eigenvalue weighted by molar-refractivity contribution is 0.0386. The lowest BCUT2D eigenvalue weighted by atomic mass is 10.0. The van der Waals surface area contributed by atoms with E-state index in [1.54, 1.807) is 31.5 Å². The third kappa shape index (κ3) is 6.09. The minimum Gasteiger partial charge on any atom is -0.473 e. The van der Waals surface area contributed by atoms with E-state index < -0.39 is 5.60 Å². The molecular formula is C23H28N4O3. The summed E-state index contributed by atoms with van der Waals surface area (Å²) < 4.78 is 11.2. The smallest absolute Gasteiger partial charge is 0.218 e. The summed E-state index contributed by atoms with van der Waals surface area (Å²) in [5.41, 5.74) is 0.800. The Morgan fingerprint density at radius 1 is 1.13 bits per heavy atom. The van der Waals surface area contributed by atoms with E-state index in [9.17, 15) is 5.11 Å². The van der Waals surface area contributed by atoms with Crippen molar-refractivity contribution in [2.45, 2.75) is 32.6 Å². The average Bonchev–Trinajstić information content (AvgIpc) is 3.32. The fourth-order valence-corrected chi connectivity index (χ4v) is 2.83. The molecule has 30 heavy (non-hydrogen) atoms. The first-order valence-corrected chi connectivity index (χ1v) is 9.97. The van der Waals surface area contributed by atoms with Crippen LogP contribution < -0.4 is 15.4 Å². The Labute approximate surface area is 176 Å². The molecule has 0 aliphatic carbocycles. The van der Waals surface area contributed by atoms with Crippen molar-refractivity contribution < 1.29 is 14.3 Å². The molecule has 0 aliphatic heterocycles. The number of benzene rings is 1. The van der Waals surface area contributed by atoms with E-state index in [-0.39, 0.29) is 6.54 Å². The molecule has 1 aromatic carbocycles. The van der Waals surface area contributed by atoms with Crippen LogP contribution in [0.4, 0.5) is 0 Å². The number of aliphatic imine (C=N–C) groups is 1. The van der Waals surface area contributed by atoms with Crippen molar-refractivity contribution in [1.29, 1.82) is 0 Å². The Balaban J connectivity index is 1.64. The second kappa shape index (κ2) is 10.5. The molecule has 1 atom stereocenters. The first-order chi connectivity index (χ1) is 14.6. The van der Waals surface area contributed by atoms with Gasteiger partial charge in [0.05, 0.1) is 19.4 Å². The van der Waals surface area contributed by atoms with Crippen molar-refractivity contribution in [2.24, 2.45) is 4.99 Å². The zero-order chi connectivity index (χ0) is 21.2. The van der Waals surface area contributed by atoms with E-state index in [2.05, 4.69) is 20.6 Å². The van der Waals surface area contributed by atoms with Gasteiger partial charge in [-0.15, -0.1) is 0 Å². The summed E-state index contributed by atoms with van der Waals surface area (Å²) in [5.74, 6) is 1.64. The van der Waals surface area contributed by atoms with Crippen molar-refractivity contribution >= 4 is 5.96 Å². The van der Waals surface area contributed by atoms with Crippen LogP contribution in [0.15, 0.2) is 76.5 Å². The number of rotatable bonds is 9. The summed E-state index contributed by atoms with van der Waals surface area (Å²) in [6, 6.07) is 17.3. The van der Waals surface area contributed by atoms with Crippen LogP contribution >= 0.6 is 0 Å². The van der Waals surface area contributed by atoms with Gasteiger partial charge in [0, 0.05) is 18.3 Å². The van der Waals surface area contributed by atoms with E-state index in [1.165, 1.54) is 0 Å². The van der Waals surface area contributed by atoms with E-state index in [0.717, 1.165) is 11.1 Å². The highest BCUT2D eigenvalue weighted by Crippen LogP contribution is 2.20. The zero-order valence-electron chi connectivity index (χ0n) is 17.3. The largest absolute Gasteiger partial charge is 0.473 e. The number of hydrogen-bond donors (Lipinski definition) is 3. The van der Waals surface area contributed by atoms with Gasteiger partial charge in [0.15, 0.2) is 5.96 Å². The molecule has 7 nitrogen and oxygen atoms in total. The maximum absolute atomic E-state index is 10.6. The normalized spacial score (nSPS) is 13.5. The fourth-order valence-electron chi connectivity index (χ4n) is 2.83. The molecule has 0 saturated carbocycles. The van der Waals surface area contributed by atoms with E-state index in [4.69, 9.17) is 9.15 Å². The number of hydrogen-bond acceptors (Lipinski definition) is 5. The number of nitrogens with one attached hydrogen (secondary N) is 2. The number of aliphatic hydroxyl groups is 1. The van der Waals surface area contributed by atoms with Gasteiger partial charge in [0.1, 0.15) is 18.0 Å². The maximum atomic E-state index is 10.6. The molecule has 2 heterocycles. The monoisotopic (exact) mass is 408 g/mol. The number of pyridine rings is 1. The first kappa shape index (κ1) is 21.4. The second-order valence-corrected chi connectivity index (χ2v) is 7.04. The highest BCUT2D eigenvalue weighted by molar-refractivity contribution is 5.79. The first-order valence-electron chi connectivity index (χ1n) is 9.97. The molecule has 1 unspecified atom stereocenters. The van der Waals surface area contributed by atoms with Crippen LogP contribution in [0, 0.1) is 0 Å². The Morgan fingerprint density at radius 2 is 1.97 bits per heavy atom. The van der Waals surface area contributed by atoms with Gasteiger partial charge in [-0.1, -0.05) is 36.4 Å². The van der Waals surface area contributed by atoms with Crippen LogP contribution in [0.2, 0.25) is 0 Å². The predicted octanol–water partition coefficient (Wildman–Crippen LogP) is 3.22. The number of guanidine groups is 1. The molecule has 0 amide bonds. The van der Waals surface area contributed by atoms with Crippen LogP contribution in [0.25, 0.3) is 0 Å². The SMILES string of the molecule is CCNC(=NCc1cccnc1OCc1ccccc1)NCC(C)(O)c1ccco1. The number of nitrogens with zero attached hydrogens (tertiary/aromatic N) is 2. The van der Waals surface area contributed by atoms with Gasteiger partial charge in [-0.25, -0.2) is 9.98 Å². The van der Waals surface area contributed by atoms with E-state index in [0.29, 0.717) is 37.3 Å². The predicted molar refractivity (Wildman–Crippen MR) is 116 cm³/mol. The summed E-state index contributed by atoms with van der Waals surface area (Å²) in [6.07, 6.45) is 3.25. The van der Waals surface area contributed by atoms with Crippen molar-refractivity contribution in [1.82, 2.24) is 15.6 Å². The van der Waals surface area contributed by atoms with Gasteiger partial charge in [-0.05, 0) is 37.6 Å². The number of furan rings is 1. The van der Waals surface area contributed by atoms with E-state index >= 15 is 0 Å². The van der Waals surface area contributed by atoms with Crippen molar-refractivity contribution in [3.63, 3.8) is 0 Å². The molecule has 0 aliphatic rings. The molecule has 0 saturated heterocycles. The molecule has 2 aromatic heterocycles. The van der Waals surface area contributed by atoms with Crippen LogP contribution in [-0.2, 0) is 18.8 Å². The van der Waals surface area contributed by atoms with Gasteiger partial charge < -0.3 is 24.9 Å². The second-order valence-electron chi connectivity index (χ2n) is 7.04. The Hall–Kier alpha value is -3.32. The van der Waals surface area contributed by atoms with Crippen molar-refractivity contribution in [3.8, 4) is 5.88 Å². The number of ether oxygens (including phenoxy) is 1. The quantitative estimate of drug-likeness (QED) is 0.372. The summed E-state index contributed by atoms with van der Waals surface area (Å²) in [7, 11) is 0. The van der Waals surface area contributed by atoms with Gasteiger partial charge in [0.2, 0.25) is 5.88 Å². The Bertz CT molecular complexity index is 925. The summed E-state index contributed by atoms with van der Waals surface area (Å²) >= 11 is 0. The maximum Gasteiger partial charge on any atom is 0.218 e. The molecule has 0 bridgehead atoms. The van der Waals surface area contributed by atoms with E-state index in [1.807, 2.05) is 49.4 Å². The van der Waals surface area contributed by atoms with Gasteiger partial charge >= 0.3 is 0 Å². The average molecular weight is 409 g/mol. The van der Waals surface area contributed by atoms with Crippen LogP contribution in [0.1, 0.15) is 30.7 Å². The van der Waals surface area contributed by atoms with Gasteiger partial charge in [0.25, 0.3) is 0 Å². The Kier molecular flexibility index (Phi) is 7.45. The van der Waals surface area contributed by atoms with Crippen LogP contribution in [-0.4, -0.2) is 29.1 Å². The third-order valence-corrected chi connectivity index (χ3v) is 4.47. The summed E-state index contributed by atoms with van der Waals surface area (Å²) in [4.78, 5) is 8.97. The number of aromatic nitrogens is 1. The Morgan fingerprint density at radius 3 is 2.70 bits per heavy atom. The molecule has 0 radical (unpaired) electrons. The zero-order valence-corrected chi connectivity index (χ0v) is 17.3. The highest BCUT2D eigenvalue weighted by atomic mass is 16.5. The molecule has 3 N–H and O–H groups in total. The lowest BCUT2D eigenvalue weighted by Crippen LogP contribution is -2.44. The van der Waals surface area contributed by atoms with Crippen LogP contribution in [0.5, 0.6) is 5.88 Å². The van der Waals surface area contributed by atoms with Gasteiger partial charge in [-0.2, -0.15) is 0 Å². The third-order valence-electron chi connectivity index (χ3n) is 4.47. The molecular weight excluding hydrogens is 380 g/mol. The van der Waals surface area contributed by atoms with Crippen LogP contribution in [0.3, 0.4) is 0 Å². The fraction of sp³-hybridized carbons (Fsp3) is 0.304. The molecule has 3 aromatic rings. The molecule has 158 valence electrons. The van der Waals surface area contributed by atoms with Gasteiger partial charge in [-0.3, -0.25) is 0 Å². The standard InChI is InChI=1S/C23H28N4O3/c1-3-24-22(27-17-23(2,28)20-12-8-14-29-20)26-15-19-11-7-13-25-21(19)30-16-18-9-5-4-6-10-18/h4-14,28H,3,15-17H2,1-2H3,(H2,24,26,27). The summed E-state index contributed by atoms with van der Waals surface area (Å²) in [6.45, 7) is 5.45. The van der Waals surface area contributed by atoms with Crippen molar-refractivity contribution in [3.05, 3.63) is 83.9 Å².